The van der Waals surface area contributed by atoms with Gasteiger partial charge in [-0.3, -0.25) is 0 Å². The fraction of sp³-hybridized carbons (Fsp3) is 0. The molecule has 0 aromatic heterocycles. The fourth-order valence-electron chi connectivity index (χ4n) is 0. The topological polar surface area (TPSA) is 190 Å². The summed E-state index contributed by atoms with van der Waals surface area (Å²) in [7, 11) is 0. The minimum absolute atomic E-state index is 0. The Morgan fingerprint density at radius 2 is 0.571 bits per heavy atom. The third kappa shape index (κ3) is 367. The summed E-state index contributed by atoms with van der Waals surface area (Å²) in [5, 5.41) is 0. The van der Waals surface area contributed by atoms with Crippen LogP contribution in [0.15, 0.2) is 0 Å². The Balaban J connectivity index is -0.0000000270. The van der Waals surface area contributed by atoms with E-state index in [1.807, 2.05) is 0 Å². The Kier molecular flexibility index (Phi) is 53.4. The van der Waals surface area contributed by atoms with Gasteiger partial charge < -0.3 is 0 Å². The third-order valence-electron chi connectivity index (χ3n) is 0. The van der Waals surface area contributed by atoms with Crippen LogP contribution in [0.5, 0.6) is 0 Å². The van der Waals surface area contributed by atoms with E-state index in [4.69, 9.17) is 30.1 Å². The summed E-state index contributed by atoms with van der Waals surface area (Å²) in [6.07, 6.45) is 0. The second kappa shape index (κ2) is 24.8. The summed E-state index contributed by atoms with van der Waals surface area (Å²) in [6, 6.07) is 0. The maximum absolute atomic E-state index is 8.59. The van der Waals surface area contributed by atoms with Crippen LogP contribution in [0.4, 0.5) is 0 Å². The molecule has 0 amide bonds. The van der Waals surface area contributed by atoms with Crippen molar-refractivity contribution in [3.05, 3.63) is 0 Å². The van der Waals surface area contributed by atoms with Crippen LogP contribution in [0.25, 0.3) is 0 Å². The predicted molar refractivity (Wildman–Crippen MR) is 27.9 cm³/mol. The average molecular weight is 785 g/mol. The fourth-order valence-corrected chi connectivity index (χ4v) is 0. The molecule has 0 aliphatic rings. The maximum Gasteiger partial charge on any atom is 4.00 e. The summed E-state index contributed by atoms with van der Waals surface area (Å²) in [6.45, 7) is 0. The normalized spacial score (nSPS) is 7.50. The van der Waals surface area contributed by atoms with Crippen molar-refractivity contribution in [2.24, 2.45) is 0 Å². The molecular weight excluding hydrogens is 783 g/mol. The zero-order chi connectivity index (χ0) is 10.7. The SMILES string of the molecule is O=[Te]([O-])[O-].O=[Te]([O-])[O-].O=[Te]([O-])[O-].[GeH2+2].[W+4]. The molecule has 14 heavy (non-hydrogen) atoms. The van der Waals surface area contributed by atoms with Crippen molar-refractivity contribution in [2.45, 2.75) is 0 Å². The van der Waals surface area contributed by atoms with Crippen molar-refractivity contribution in [3.8, 4) is 0 Å². The van der Waals surface area contributed by atoms with Gasteiger partial charge in [0.25, 0.3) is 0 Å². The molecule has 0 aromatic carbocycles. The first-order valence-corrected chi connectivity index (χ1v) is 10.1. The number of hydrogen-bond donors (Lipinski definition) is 0. The van der Waals surface area contributed by atoms with Crippen molar-refractivity contribution in [1.82, 2.24) is 0 Å². The van der Waals surface area contributed by atoms with Crippen LogP contribution < -0.4 is 20.8 Å². The first-order chi connectivity index (χ1) is 5.20. The first-order valence-electron chi connectivity index (χ1n) is 1.50. The van der Waals surface area contributed by atoms with Gasteiger partial charge in [0.2, 0.25) is 0 Å². The van der Waals surface area contributed by atoms with Gasteiger partial charge in [-0.1, -0.05) is 0 Å². The average Bonchev–Trinajstić information content (AvgIpc) is 1.54. The second-order valence-electron chi connectivity index (χ2n) is 0.612. The van der Waals surface area contributed by atoms with Crippen molar-refractivity contribution in [2.75, 3.05) is 0 Å². The van der Waals surface area contributed by atoms with Gasteiger partial charge in [-0.15, -0.1) is 0 Å². The third-order valence-corrected chi connectivity index (χ3v) is 0. The van der Waals surface area contributed by atoms with Gasteiger partial charge in [0, 0.05) is 0 Å². The number of hydrogen-bond acceptors (Lipinski definition) is 9. The molecule has 0 spiro atoms. The van der Waals surface area contributed by atoms with Gasteiger partial charge in [-0.05, 0) is 0 Å². The van der Waals surface area contributed by atoms with E-state index in [9.17, 15) is 0 Å². The van der Waals surface area contributed by atoms with Gasteiger partial charge >= 0.3 is 130 Å². The molecule has 0 saturated carbocycles. The summed E-state index contributed by atoms with van der Waals surface area (Å²) in [5.74, 6) is 0. The molecule has 0 unspecified atom stereocenters. The van der Waals surface area contributed by atoms with E-state index in [0.29, 0.717) is 0 Å². The van der Waals surface area contributed by atoms with Crippen molar-refractivity contribution >= 4 is 78.7 Å². The molecule has 0 fully saturated rings. The summed E-state index contributed by atoms with van der Waals surface area (Å²) in [4.78, 5) is 0. The van der Waals surface area contributed by atoms with Gasteiger partial charge in [0.15, 0.2) is 0 Å². The molecule has 0 N–H and O–H groups in total. The molecule has 84 valence electrons. The van der Waals surface area contributed by atoms with Crippen LogP contribution >= 0.6 is 0 Å². The molecule has 0 saturated heterocycles. The van der Waals surface area contributed by atoms with E-state index < -0.39 is 61.1 Å². The Bertz CT molecular complexity index is 118. The van der Waals surface area contributed by atoms with Gasteiger partial charge in [-0.25, -0.2) is 0 Å². The van der Waals surface area contributed by atoms with Gasteiger partial charge in [0.1, 0.15) is 0 Å². The molecule has 0 heterocycles. The monoisotopic (exact) mass is 794 g/mol. The number of rotatable bonds is 0. The van der Waals surface area contributed by atoms with Crippen LogP contribution in [-0.4, -0.2) is 78.7 Å². The molecule has 0 bridgehead atoms. The van der Waals surface area contributed by atoms with E-state index in [-0.39, 0.29) is 38.7 Å². The zero-order valence-electron chi connectivity index (χ0n) is 6.01. The van der Waals surface area contributed by atoms with E-state index in [2.05, 4.69) is 0 Å². The van der Waals surface area contributed by atoms with E-state index >= 15 is 0 Å². The maximum atomic E-state index is 8.59. The Morgan fingerprint density at radius 1 is 0.571 bits per heavy atom. The Labute approximate surface area is 128 Å². The largest absolute Gasteiger partial charge is 4.00 e. The predicted octanol–water partition coefficient (Wildman–Crippen LogP) is -9.55. The second-order valence-corrected chi connectivity index (χ2v) is 4.11. The minimum atomic E-state index is -4.11. The van der Waals surface area contributed by atoms with Crippen LogP contribution in [0.1, 0.15) is 0 Å². The molecule has 0 aliphatic heterocycles. The Morgan fingerprint density at radius 3 is 0.571 bits per heavy atom. The molecule has 0 aromatic rings. The van der Waals surface area contributed by atoms with Crippen molar-refractivity contribution in [3.63, 3.8) is 0 Å². The molecule has 0 aliphatic carbocycles. The molecule has 14 heteroatoms. The molecule has 0 rings (SSSR count). The van der Waals surface area contributed by atoms with E-state index in [1.165, 1.54) is 0 Å². The molecule has 0 radical (unpaired) electrons. The van der Waals surface area contributed by atoms with Gasteiger partial charge in [0.05, 0.1) is 0 Å². The minimum Gasteiger partial charge on any atom is 4.00 e. The standard InChI is InChI=1S/GeH2.3H2O3Te.W/c;3*1-4(2)3;/h1H2;3*(H2,1,2,3);/q+2;;;;+4/p-6. The molecule has 9 nitrogen and oxygen atoms in total. The van der Waals surface area contributed by atoms with Crippen molar-refractivity contribution < 1.29 is 51.2 Å². The molecular formula is H2GeO9Te3W. The van der Waals surface area contributed by atoms with Crippen molar-refractivity contribution in [1.29, 1.82) is 0 Å². The summed E-state index contributed by atoms with van der Waals surface area (Å²) in [5.41, 5.74) is 0. The summed E-state index contributed by atoms with van der Waals surface area (Å²) < 4.78 is 77.3. The Hall–Kier alpha value is 2.76. The van der Waals surface area contributed by atoms with Gasteiger partial charge in [-0.2, -0.15) is 0 Å². The van der Waals surface area contributed by atoms with Crippen LogP contribution in [-0.2, 0) is 30.4 Å². The first kappa shape index (κ1) is 30.1. The van der Waals surface area contributed by atoms with E-state index in [1.54, 1.807) is 0 Å². The van der Waals surface area contributed by atoms with Crippen LogP contribution in [0.2, 0.25) is 0 Å². The van der Waals surface area contributed by atoms with E-state index in [0.717, 1.165) is 0 Å². The molecule has 0 atom stereocenters. The van der Waals surface area contributed by atoms with Crippen LogP contribution in [0.3, 0.4) is 0 Å². The summed E-state index contributed by atoms with van der Waals surface area (Å²) >= 11 is -12.3. The zero-order valence-corrected chi connectivity index (χ0v) is 18.9. The smallest absolute Gasteiger partial charge is 4.00 e. The van der Waals surface area contributed by atoms with Crippen LogP contribution in [0, 0.1) is 0 Å². The quantitative estimate of drug-likeness (QED) is 0.215.